The van der Waals surface area contributed by atoms with Gasteiger partial charge in [0.05, 0.1) is 13.7 Å². The van der Waals surface area contributed by atoms with Gasteiger partial charge in [0.15, 0.2) is 0 Å². The van der Waals surface area contributed by atoms with Crippen molar-refractivity contribution in [2.75, 3.05) is 13.7 Å². The first kappa shape index (κ1) is 12.4. The molecule has 4 heteroatoms. The topological polar surface area (TPSA) is 58.6 Å². The molecule has 0 unspecified atom stereocenters. The molecule has 16 heavy (non-hydrogen) atoms. The molecule has 1 rings (SSSR count). The summed E-state index contributed by atoms with van der Waals surface area (Å²) in [6.07, 6.45) is 4.07. The van der Waals surface area contributed by atoms with Crippen molar-refractivity contribution in [1.29, 1.82) is 0 Å². The maximum Gasteiger partial charge on any atom is 0.275 e. The molecule has 0 aliphatic rings. The van der Waals surface area contributed by atoms with Crippen molar-refractivity contribution in [3.63, 3.8) is 0 Å². The largest absolute Gasteiger partial charge is 0.392 e. The van der Waals surface area contributed by atoms with Gasteiger partial charge in [-0.25, -0.2) is 5.48 Å². The molecule has 1 aromatic carbocycles. The zero-order valence-electron chi connectivity index (χ0n) is 9.14. The highest BCUT2D eigenvalue weighted by Crippen LogP contribution is 2.10. The van der Waals surface area contributed by atoms with E-state index in [-0.39, 0.29) is 12.5 Å². The van der Waals surface area contributed by atoms with Crippen molar-refractivity contribution >= 4 is 5.91 Å². The van der Waals surface area contributed by atoms with Crippen molar-refractivity contribution in [2.24, 2.45) is 0 Å². The number of aliphatic hydroxyl groups is 1. The molecule has 0 saturated carbocycles. The second-order valence-electron chi connectivity index (χ2n) is 3.15. The first-order valence-electron chi connectivity index (χ1n) is 4.96. The summed E-state index contributed by atoms with van der Waals surface area (Å²) < 4.78 is 0. The zero-order valence-corrected chi connectivity index (χ0v) is 9.14. The fourth-order valence-electron chi connectivity index (χ4n) is 1.35. The second-order valence-corrected chi connectivity index (χ2v) is 3.15. The third-order valence-electron chi connectivity index (χ3n) is 2.07. The van der Waals surface area contributed by atoms with Gasteiger partial charge in [-0.15, -0.1) is 0 Å². The first-order valence-corrected chi connectivity index (χ1v) is 4.96. The van der Waals surface area contributed by atoms with Crippen LogP contribution in [-0.2, 0) is 11.3 Å². The lowest BCUT2D eigenvalue weighted by Crippen LogP contribution is -2.22. The Bertz CT molecular complexity index is 374. The Morgan fingerprint density at radius 3 is 2.88 bits per heavy atom. The predicted octanol–water partition coefficient (Wildman–Crippen LogP) is 1.07. The number of rotatable bonds is 5. The summed E-state index contributed by atoms with van der Waals surface area (Å²) in [5, 5.41) is 8.62. The summed E-state index contributed by atoms with van der Waals surface area (Å²) >= 11 is 0. The Balaban J connectivity index is 2.82. The summed E-state index contributed by atoms with van der Waals surface area (Å²) in [4.78, 5) is 16.2. The van der Waals surface area contributed by atoms with Gasteiger partial charge in [0.1, 0.15) is 0 Å². The molecule has 2 N–H and O–H groups in total. The lowest BCUT2D eigenvalue weighted by molar-refractivity contribution is 0.0537. The van der Waals surface area contributed by atoms with Crippen LogP contribution in [0.1, 0.15) is 15.9 Å². The van der Waals surface area contributed by atoms with Gasteiger partial charge in [-0.3, -0.25) is 9.63 Å². The standard InChI is InChI=1S/C12H15NO3/c1-16-13-12(15)11-8-3-2-6-10(11)7-4-5-9-14/h2-6,8,14H,7,9H2,1H3,(H,13,15). The van der Waals surface area contributed by atoms with Crippen molar-refractivity contribution < 1.29 is 14.7 Å². The van der Waals surface area contributed by atoms with Crippen molar-refractivity contribution in [3.05, 3.63) is 47.5 Å². The van der Waals surface area contributed by atoms with E-state index in [1.54, 1.807) is 18.2 Å². The molecule has 0 spiro atoms. The number of benzene rings is 1. The number of nitrogens with one attached hydrogen (secondary N) is 1. The van der Waals surface area contributed by atoms with Gasteiger partial charge in [-0.05, 0) is 18.1 Å². The Morgan fingerprint density at radius 1 is 1.44 bits per heavy atom. The molecular formula is C12H15NO3. The van der Waals surface area contributed by atoms with Crippen molar-refractivity contribution in [2.45, 2.75) is 6.42 Å². The van der Waals surface area contributed by atoms with Gasteiger partial charge >= 0.3 is 0 Å². The molecule has 0 radical (unpaired) electrons. The predicted molar refractivity (Wildman–Crippen MR) is 60.8 cm³/mol. The SMILES string of the molecule is CONC(=O)c1ccccc1CC=CCO. The third kappa shape index (κ3) is 3.49. The molecule has 0 aliphatic carbocycles. The quantitative estimate of drug-likeness (QED) is 0.577. The molecular weight excluding hydrogens is 206 g/mol. The first-order chi connectivity index (χ1) is 7.79. The van der Waals surface area contributed by atoms with Crippen molar-refractivity contribution in [1.82, 2.24) is 5.48 Å². The molecule has 4 nitrogen and oxygen atoms in total. The fourth-order valence-corrected chi connectivity index (χ4v) is 1.35. The summed E-state index contributed by atoms with van der Waals surface area (Å²) in [6, 6.07) is 7.26. The average molecular weight is 221 g/mol. The number of amides is 1. The van der Waals surface area contributed by atoms with Crippen LogP contribution in [0.3, 0.4) is 0 Å². The average Bonchev–Trinajstić information content (AvgIpc) is 2.30. The minimum absolute atomic E-state index is 0.00638. The number of aliphatic hydroxyl groups excluding tert-OH is 1. The lowest BCUT2D eigenvalue weighted by Gasteiger charge is -2.06. The van der Waals surface area contributed by atoms with Crippen LogP contribution in [0, 0.1) is 0 Å². The molecule has 1 aromatic rings. The van der Waals surface area contributed by atoms with Gasteiger partial charge < -0.3 is 5.11 Å². The van der Waals surface area contributed by atoms with Crippen molar-refractivity contribution in [3.8, 4) is 0 Å². The summed E-state index contributed by atoms with van der Waals surface area (Å²) in [6.45, 7) is 0.00638. The second kappa shape index (κ2) is 6.76. The van der Waals surface area contributed by atoms with Gasteiger partial charge in [-0.2, -0.15) is 0 Å². The van der Waals surface area contributed by atoms with Gasteiger partial charge in [-0.1, -0.05) is 30.4 Å². The van der Waals surface area contributed by atoms with Crippen LogP contribution in [0.4, 0.5) is 0 Å². The maximum atomic E-state index is 11.6. The molecule has 0 atom stereocenters. The molecule has 0 fully saturated rings. The van der Waals surface area contributed by atoms with Crippen LogP contribution in [-0.4, -0.2) is 24.7 Å². The third-order valence-corrected chi connectivity index (χ3v) is 2.07. The Kier molecular flexibility index (Phi) is 5.25. The number of hydrogen-bond acceptors (Lipinski definition) is 3. The fraction of sp³-hybridized carbons (Fsp3) is 0.250. The Labute approximate surface area is 94.5 Å². The van der Waals surface area contributed by atoms with Crippen LogP contribution in [0.15, 0.2) is 36.4 Å². The highest BCUT2D eigenvalue weighted by Gasteiger charge is 2.08. The summed E-state index contributed by atoms with van der Waals surface area (Å²) in [5.41, 5.74) is 3.75. The molecule has 0 saturated heterocycles. The Morgan fingerprint density at radius 2 is 2.19 bits per heavy atom. The van der Waals surface area contributed by atoms with Crippen LogP contribution in [0.25, 0.3) is 0 Å². The highest BCUT2D eigenvalue weighted by atomic mass is 16.6. The van der Waals surface area contributed by atoms with E-state index in [9.17, 15) is 4.79 Å². The zero-order chi connectivity index (χ0) is 11.8. The molecule has 86 valence electrons. The van der Waals surface area contributed by atoms with Crippen LogP contribution in [0.2, 0.25) is 0 Å². The van der Waals surface area contributed by atoms with Gasteiger partial charge in [0, 0.05) is 5.56 Å². The van der Waals surface area contributed by atoms with Gasteiger partial charge in [0.25, 0.3) is 5.91 Å². The maximum absolute atomic E-state index is 11.6. The monoisotopic (exact) mass is 221 g/mol. The van der Waals surface area contributed by atoms with E-state index in [1.165, 1.54) is 7.11 Å². The number of carbonyl (C=O) groups excluding carboxylic acids is 1. The number of allylic oxidation sites excluding steroid dienone is 1. The molecule has 0 aromatic heterocycles. The highest BCUT2D eigenvalue weighted by molar-refractivity contribution is 5.95. The van der Waals surface area contributed by atoms with E-state index < -0.39 is 0 Å². The van der Waals surface area contributed by atoms with Crippen LogP contribution >= 0.6 is 0 Å². The Hall–Kier alpha value is -1.65. The van der Waals surface area contributed by atoms with E-state index in [0.29, 0.717) is 12.0 Å². The minimum atomic E-state index is -0.268. The summed E-state index contributed by atoms with van der Waals surface area (Å²) in [7, 11) is 1.40. The lowest BCUT2D eigenvalue weighted by atomic mass is 10.0. The summed E-state index contributed by atoms with van der Waals surface area (Å²) in [5.74, 6) is -0.268. The van der Waals surface area contributed by atoms with E-state index in [1.807, 2.05) is 18.2 Å². The van der Waals surface area contributed by atoms with Crippen LogP contribution < -0.4 is 5.48 Å². The molecule has 0 aliphatic heterocycles. The number of carbonyl (C=O) groups is 1. The minimum Gasteiger partial charge on any atom is -0.392 e. The normalized spacial score (nSPS) is 10.6. The van der Waals surface area contributed by atoms with E-state index in [2.05, 4.69) is 10.3 Å². The number of hydroxylamine groups is 1. The molecule has 0 heterocycles. The van der Waals surface area contributed by atoms with E-state index in [0.717, 1.165) is 5.56 Å². The number of hydrogen-bond donors (Lipinski definition) is 2. The molecule has 0 bridgehead atoms. The van der Waals surface area contributed by atoms with E-state index in [4.69, 9.17) is 5.11 Å². The van der Waals surface area contributed by atoms with Gasteiger partial charge in [0.2, 0.25) is 0 Å². The smallest absolute Gasteiger partial charge is 0.275 e. The van der Waals surface area contributed by atoms with E-state index >= 15 is 0 Å². The molecule has 1 amide bonds. The van der Waals surface area contributed by atoms with Crippen LogP contribution in [0.5, 0.6) is 0 Å².